The van der Waals surface area contributed by atoms with E-state index in [-0.39, 0.29) is 0 Å². The maximum absolute atomic E-state index is 6.99. The molecule has 0 heterocycles. The number of nitrogens with two attached hydrogens (primary N) is 2. The molecule has 4 rings (SSSR count). The lowest BCUT2D eigenvalue weighted by atomic mass is 9.43. The fraction of sp³-hybridized carbons (Fsp3) is 1.00. The van der Waals surface area contributed by atoms with Crippen LogP contribution in [0, 0.1) is 46.3 Å². The standard InChI is InChI=1S/C46H89N3O2/c1-5-6-7-8-9-10-11-12-13-14-15-16-17-18-31-49-32-19-22-37(2)41-25-26-42-40-24-23-38-35-39(50-33-20-29-47)27-28-45(38,3)43(40)36-44(46(41,42)4)51-34-21-30-48/h37-44,49H,5-36,47-48H2,1-4H3/t37-,38?,39-,40?,41-,42+,43+,44+,45+,46-/m1/s1. The monoisotopic (exact) mass is 716 g/mol. The molecule has 0 aromatic rings. The van der Waals surface area contributed by atoms with Crippen LogP contribution in [0.25, 0.3) is 0 Å². The normalized spacial score (nSPS) is 33.9. The van der Waals surface area contributed by atoms with Gasteiger partial charge in [0, 0.05) is 13.2 Å². The van der Waals surface area contributed by atoms with Crippen molar-refractivity contribution in [3.05, 3.63) is 0 Å². The molecular weight excluding hydrogens is 627 g/mol. The highest BCUT2D eigenvalue weighted by molar-refractivity contribution is 5.13. The number of nitrogens with one attached hydrogen (secondary N) is 1. The Bertz CT molecular complexity index is 902. The van der Waals surface area contributed by atoms with E-state index in [2.05, 4.69) is 33.0 Å². The van der Waals surface area contributed by atoms with Crippen molar-refractivity contribution < 1.29 is 9.47 Å². The van der Waals surface area contributed by atoms with Gasteiger partial charge in [0.1, 0.15) is 0 Å². The summed E-state index contributed by atoms with van der Waals surface area (Å²) < 4.78 is 13.3. The Morgan fingerprint density at radius 1 is 0.647 bits per heavy atom. The molecule has 4 fully saturated rings. The summed E-state index contributed by atoms with van der Waals surface area (Å²) in [6, 6.07) is 0. The Hall–Kier alpha value is -0.200. The van der Waals surface area contributed by atoms with E-state index in [1.54, 1.807) is 0 Å². The molecule has 0 bridgehead atoms. The first-order valence-electron chi connectivity index (χ1n) is 23.2. The predicted molar refractivity (Wildman–Crippen MR) is 219 cm³/mol. The lowest BCUT2D eigenvalue weighted by Crippen LogP contribution is -2.59. The van der Waals surface area contributed by atoms with E-state index in [1.807, 2.05) is 0 Å². The Kier molecular flexibility index (Phi) is 20.2. The fourth-order valence-corrected chi connectivity index (χ4v) is 12.5. The van der Waals surface area contributed by atoms with Crippen molar-refractivity contribution in [2.24, 2.45) is 57.8 Å². The van der Waals surface area contributed by atoms with Gasteiger partial charge in [-0.05, 0) is 156 Å². The number of fused-ring (bicyclic) bond motifs is 5. The molecule has 10 atom stereocenters. The lowest BCUT2D eigenvalue weighted by molar-refractivity contribution is -0.192. The van der Waals surface area contributed by atoms with Crippen LogP contribution in [-0.4, -0.2) is 51.6 Å². The molecule has 5 N–H and O–H groups in total. The molecular formula is C46H89N3O2. The average molecular weight is 716 g/mol. The van der Waals surface area contributed by atoms with Crippen LogP contribution in [0.4, 0.5) is 0 Å². The van der Waals surface area contributed by atoms with Gasteiger partial charge >= 0.3 is 0 Å². The summed E-state index contributed by atoms with van der Waals surface area (Å²) >= 11 is 0. The molecule has 0 aromatic heterocycles. The van der Waals surface area contributed by atoms with E-state index >= 15 is 0 Å². The molecule has 51 heavy (non-hydrogen) atoms. The van der Waals surface area contributed by atoms with Crippen LogP contribution in [-0.2, 0) is 9.47 Å². The first-order chi connectivity index (χ1) is 24.9. The minimum Gasteiger partial charge on any atom is -0.378 e. The summed E-state index contributed by atoms with van der Waals surface area (Å²) in [5.41, 5.74) is 12.5. The Morgan fingerprint density at radius 2 is 1.25 bits per heavy atom. The molecule has 4 aliphatic rings. The minimum absolute atomic E-state index is 0.308. The largest absolute Gasteiger partial charge is 0.378 e. The van der Waals surface area contributed by atoms with E-state index in [9.17, 15) is 0 Å². The Morgan fingerprint density at radius 3 is 1.90 bits per heavy atom. The van der Waals surface area contributed by atoms with Crippen molar-refractivity contribution >= 4 is 0 Å². The van der Waals surface area contributed by atoms with Gasteiger partial charge in [-0.1, -0.05) is 111 Å². The zero-order valence-electron chi connectivity index (χ0n) is 34.7. The second-order valence-corrected chi connectivity index (χ2v) is 18.8. The van der Waals surface area contributed by atoms with E-state index in [4.69, 9.17) is 20.9 Å². The minimum atomic E-state index is 0.308. The van der Waals surface area contributed by atoms with Crippen LogP contribution < -0.4 is 16.8 Å². The van der Waals surface area contributed by atoms with Crippen molar-refractivity contribution in [1.82, 2.24) is 5.32 Å². The molecule has 0 aromatic carbocycles. The zero-order valence-corrected chi connectivity index (χ0v) is 34.7. The maximum atomic E-state index is 6.99. The van der Waals surface area contributed by atoms with Crippen molar-refractivity contribution in [2.75, 3.05) is 39.4 Å². The van der Waals surface area contributed by atoms with Gasteiger partial charge in [0.25, 0.3) is 0 Å². The third-order valence-corrected chi connectivity index (χ3v) is 15.5. The van der Waals surface area contributed by atoms with E-state index < -0.39 is 0 Å². The summed E-state index contributed by atoms with van der Waals surface area (Å²) in [5, 5.41) is 3.82. The van der Waals surface area contributed by atoms with Crippen molar-refractivity contribution in [3.8, 4) is 0 Å². The van der Waals surface area contributed by atoms with Crippen LogP contribution >= 0.6 is 0 Å². The SMILES string of the molecule is CCCCCCCCCCCCCCCCNCCC[C@@H](C)[C@H]1CC[C@H]2C3CCC4C[C@H](OCCCN)CC[C@]4(C)[C@H]3C[C@H](OCCCN)[C@]12C. The molecule has 4 aliphatic carbocycles. The molecule has 0 aliphatic heterocycles. The molecule has 0 spiro atoms. The topological polar surface area (TPSA) is 82.5 Å². The van der Waals surface area contributed by atoms with Gasteiger partial charge in [-0.15, -0.1) is 0 Å². The zero-order chi connectivity index (χ0) is 36.4. The Balaban J connectivity index is 1.16. The number of hydrogen-bond acceptors (Lipinski definition) is 5. The van der Waals surface area contributed by atoms with Gasteiger partial charge < -0.3 is 26.3 Å². The first kappa shape index (κ1) is 43.5. The lowest BCUT2D eigenvalue weighted by Gasteiger charge is -2.63. The van der Waals surface area contributed by atoms with E-state index in [1.165, 1.54) is 167 Å². The third-order valence-electron chi connectivity index (χ3n) is 15.5. The van der Waals surface area contributed by atoms with Crippen molar-refractivity contribution in [2.45, 2.75) is 207 Å². The quantitative estimate of drug-likeness (QED) is 0.0703. The van der Waals surface area contributed by atoms with Crippen molar-refractivity contribution in [1.29, 1.82) is 0 Å². The van der Waals surface area contributed by atoms with Gasteiger partial charge in [0.2, 0.25) is 0 Å². The summed E-state index contributed by atoms with van der Waals surface area (Å²) in [6.45, 7) is 15.8. The molecule has 5 heteroatoms. The van der Waals surface area contributed by atoms with Gasteiger partial charge in [0.15, 0.2) is 0 Å². The van der Waals surface area contributed by atoms with Crippen LogP contribution in [0.2, 0.25) is 0 Å². The summed E-state index contributed by atoms with van der Waals surface area (Å²) in [4.78, 5) is 0. The highest BCUT2D eigenvalue weighted by Gasteiger charge is 2.64. The number of rotatable bonds is 28. The van der Waals surface area contributed by atoms with E-state index in [0.717, 1.165) is 74.7 Å². The maximum Gasteiger partial charge on any atom is 0.0637 e. The highest BCUT2D eigenvalue weighted by Crippen LogP contribution is 2.69. The second-order valence-electron chi connectivity index (χ2n) is 18.8. The predicted octanol–water partition coefficient (Wildman–Crippen LogP) is 11.2. The smallest absolute Gasteiger partial charge is 0.0637 e. The molecule has 0 radical (unpaired) electrons. The average Bonchev–Trinajstić information content (AvgIpc) is 3.49. The molecule has 0 saturated heterocycles. The van der Waals surface area contributed by atoms with Gasteiger partial charge in [-0.3, -0.25) is 0 Å². The number of hydrogen-bond donors (Lipinski definition) is 3. The van der Waals surface area contributed by atoms with Gasteiger partial charge in [-0.25, -0.2) is 0 Å². The van der Waals surface area contributed by atoms with E-state index in [0.29, 0.717) is 23.0 Å². The van der Waals surface area contributed by atoms with Crippen molar-refractivity contribution in [3.63, 3.8) is 0 Å². The first-order valence-corrected chi connectivity index (χ1v) is 23.2. The number of unbranched alkanes of at least 4 members (excludes halogenated alkanes) is 13. The fourth-order valence-electron chi connectivity index (χ4n) is 12.5. The van der Waals surface area contributed by atoms with Crippen LogP contribution in [0.1, 0.15) is 195 Å². The molecule has 4 saturated carbocycles. The van der Waals surface area contributed by atoms with Gasteiger partial charge in [-0.2, -0.15) is 0 Å². The number of ether oxygens (including phenoxy) is 2. The van der Waals surface area contributed by atoms with Crippen LogP contribution in [0.15, 0.2) is 0 Å². The summed E-state index contributed by atoms with van der Waals surface area (Å²) in [5.74, 6) is 4.86. The Labute approximate surface area is 318 Å². The second kappa shape index (κ2) is 23.7. The summed E-state index contributed by atoms with van der Waals surface area (Å²) in [7, 11) is 0. The van der Waals surface area contributed by atoms with Crippen LogP contribution in [0.5, 0.6) is 0 Å². The third kappa shape index (κ3) is 12.4. The molecule has 300 valence electrons. The highest BCUT2D eigenvalue weighted by atomic mass is 16.5. The molecule has 2 unspecified atom stereocenters. The molecule has 0 amide bonds. The van der Waals surface area contributed by atoms with Crippen LogP contribution in [0.3, 0.4) is 0 Å². The van der Waals surface area contributed by atoms with Gasteiger partial charge in [0.05, 0.1) is 12.2 Å². The summed E-state index contributed by atoms with van der Waals surface area (Å²) in [6.07, 6.45) is 36.3. The molecule has 5 nitrogen and oxygen atoms in total.